The number of alkyl halides is 3. The first kappa shape index (κ1) is 13.8. The van der Waals surface area contributed by atoms with Crippen molar-refractivity contribution in [3.8, 4) is 5.82 Å². The van der Waals surface area contributed by atoms with Crippen molar-refractivity contribution in [1.29, 1.82) is 0 Å². The van der Waals surface area contributed by atoms with Crippen molar-refractivity contribution in [2.45, 2.75) is 12.6 Å². The van der Waals surface area contributed by atoms with Crippen LogP contribution in [0.2, 0.25) is 5.02 Å². The van der Waals surface area contributed by atoms with E-state index in [4.69, 9.17) is 17.3 Å². The molecule has 2 N–H and O–H groups in total. The third-order valence-corrected chi connectivity index (χ3v) is 2.74. The van der Waals surface area contributed by atoms with Gasteiger partial charge in [-0.15, -0.1) is 0 Å². The highest BCUT2D eigenvalue weighted by atomic mass is 35.5. The van der Waals surface area contributed by atoms with Crippen LogP contribution < -0.4 is 5.73 Å². The number of aromatic nitrogens is 3. The van der Waals surface area contributed by atoms with Gasteiger partial charge in [0.2, 0.25) is 0 Å². The van der Waals surface area contributed by atoms with Crippen LogP contribution in [0.15, 0.2) is 24.7 Å². The first-order valence-corrected chi connectivity index (χ1v) is 5.76. The maximum absolute atomic E-state index is 12.5. The van der Waals surface area contributed by atoms with Crippen molar-refractivity contribution in [1.82, 2.24) is 14.5 Å². The van der Waals surface area contributed by atoms with Crippen molar-refractivity contribution >= 4 is 11.6 Å². The van der Waals surface area contributed by atoms with Gasteiger partial charge in [0, 0.05) is 25.0 Å². The Morgan fingerprint density at radius 1 is 1.32 bits per heavy atom. The molecule has 0 aliphatic carbocycles. The molecule has 2 aromatic rings. The van der Waals surface area contributed by atoms with Crippen LogP contribution in [0.1, 0.15) is 11.4 Å². The Morgan fingerprint density at radius 3 is 2.63 bits per heavy atom. The molecule has 0 saturated heterocycles. The van der Waals surface area contributed by atoms with E-state index in [2.05, 4.69) is 9.97 Å². The third kappa shape index (κ3) is 2.87. The van der Waals surface area contributed by atoms with Gasteiger partial charge in [-0.05, 0) is 12.6 Å². The van der Waals surface area contributed by atoms with Crippen LogP contribution in [-0.4, -0.2) is 21.1 Å². The Bertz CT molecular complexity index is 580. The molecule has 0 unspecified atom stereocenters. The van der Waals surface area contributed by atoms with Gasteiger partial charge in [-0.25, -0.2) is 9.97 Å². The summed E-state index contributed by atoms with van der Waals surface area (Å²) in [5.74, 6) is 0.798. The van der Waals surface area contributed by atoms with Crippen molar-refractivity contribution in [3.05, 3.63) is 41.1 Å². The number of imidazole rings is 1. The summed E-state index contributed by atoms with van der Waals surface area (Å²) >= 11 is 5.86. The Hall–Kier alpha value is -1.60. The monoisotopic (exact) mass is 290 g/mol. The predicted molar refractivity (Wildman–Crippen MR) is 64.1 cm³/mol. The summed E-state index contributed by atoms with van der Waals surface area (Å²) in [5.41, 5.74) is 4.54. The molecule has 102 valence electrons. The topological polar surface area (TPSA) is 56.7 Å². The fourth-order valence-corrected chi connectivity index (χ4v) is 1.86. The Kier molecular flexibility index (Phi) is 3.77. The molecule has 0 fully saturated rings. The SMILES string of the molecule is NCCc1nccn1-c1ncc(C(F)(F)F)cc1Cl. The number of rotatable bonds is 3. The highest BCUT2D eigenvalue weighted by Crippen LogP contribution is 2.32. The molecule has 0 bridgehead atoms. The van der Waals surface area contributed by atoms with E-state index in [1.54, 1.807) is 6.20 Å². The van der Waals surface area contributed by atoms with E-state index in [0.29, 0.717) is 18.8 Å². The number of hydrogen-bond acceptors (Lipinski definition) is 3. The molecule has 8 heteroatoms. The second kappa shape index (κ2) is 5.18. The number of nitrogens with zero attached hydrogens (tertiary/aromatic N) is 3. The zero-order chi connectivity index (χ0) is 14.0. The van der Waals surface area contributed by atoms with E-state index < -0.39 is 11.7 Å². The Labute approximate surface area is 112 Å². The van der Waals surface area contributed by atoms with Gasteiger partial charge in [0.15, 0.2) is 5.82 Å². The maximum Gasteiger partial charge on any atom is 0.417 e. The lowest BCUT2D eigenvalue weighted by Gasteiger charge is -2.11. The standard InChI is InChI=1S/C11H10ClF3N4/c12-8-5-7(11(13,14)15)6-18-10(8)19-4-3-17-9(19)1-2-16/h3-6H,1-2,16H2. The van der Waals surface area contributed by atoms with Crippen molar-refractivity contribution in [2.75, 3.05) is 6.54 Å². The summed E-state index contributed by atoms with van der Waals surface area (Å²) in [6, 6.07) is 0.843. The van der Waals surface area contributed by atoms with Gasteiger partial charge in [0.05, 0.1) is 10.6 Å². The van der Waals surface area contributed by atoms with E-state index in [0.717, 1.165) is 12.3 Å². The van der Waals surface area contributed by atoms with Crippen LogP contribution in [0.3, 0.4) is 0 Å². The predicted octanol–water partition coefficient (Wildman–Crippen LogP) is 2.44. The molecule has 4 nitrogen and oxygen atoms in total. The van der Waals surface area contributed by atoms with Gasteiger partial charge < -0.3 is 5.73 Å². The summed E-state index contributed by atoms with van der Waals surface area (Å²) in [5, 5.41) is -0.0916. The summed E-state index contributed by atoms with van der Waals surface area (Å²) in [6.45, 7) is 0.370. The van der Waals surface area contributed by atoms with E-state index >= 15 is 0 Å². The minimum absolute atomic E-state index is 0.0916. The lowest BCUT2D eigenvalue weighted by Crippen LogP contribution is -2.11. The largest absolute Gasteiger partial charge is 0.417 e. The number of nitrogens with two attached hydrogens (primary N) is 1. The summed E-state index contributed by atoms with van der Waals surface area (Å²) in [6.07, 6.45) is -0.156. The number of hydrogen-bond donors (Lipinski definition) is 1. The second-order valence-electron chi connectivity index (χ2n) is 3.78. The van der Waals surface area contributed by atoms with Crippen LogP contribution in [-0.2, 0) is 12.6 Å². The fourth-order valence-electron chi connectivity index (χ4n) is 1.60. The summed E-state index contributed by atoms with van der Waals surface area (Å²) in [4.78, 5) is 7.82. The van der Waals surface area contributed by atoms with Gasteiger partial charge >= 0.3 is 6.18 Å². The molecular weight excluding hydrogens is 281 g/mol. The van der Waals surface area contributed by atoms with E-state index in [1.807, 2.05) is 0 Å². The Morgan fingerprint density at radius 2 is 2.05 bits per heavy atom. The zero-order valence-electron chi connectivity index (χ0n) is 9.65. The summed E-state index contributed by atoms with van der Waals surface area (Å²) < 4.78 is 39.0. The molecule has 2 rings (SSSR count). The third-order valence-electron chi connectivity index (χ3n) is 2.46. The summed E-state index contributed by atoms with van der Waals surface area (Å²) in [7, 11) is 0. The number of halogens is 4. The van der Waals surface area contributed by atoms with Gasteiger partial charge in [-0.3, -0.25) is 4.57 Å². The van der Waals surface area contributed by atoms with Crippen LogP contribution in [0.5, 0.6) is 0 Å². The molecule has 0 aliphatic heterocycles. The van der Waals surface area contributed by atoms with Gasteiger partial charge in [-0.2, -0.15) is 13.2 Å². The average molecular weight is 291 g/mol. The molecule has 0 saturated carbocycles. The van der Waals surface area contributed by atoms with Crippen LogP contribution in [0.4, 0.5) is 13.2 Å². The maximum atomic E-state index is 12.5. The first-order chi connectivity index (χ1) is 8.93. The second-order valence-corrected chi connectivity index (χ2v) is 4.19. The highest BCUT2D eigenvalue weighted by molar-refractivity contribution is 6.32. The molecule has 0 radical (unpaired) electrons. The molecular formula is C11H10ClF3N4. The molecule has 0 atom stereocenters. The molecule has 19 heavy (non-hydrogen) atoms. The van der Waals surface area contributed by atoms with Crippen LogP contribution in [0, 0.1) is 0 Å². The molecule has 0 amide bonds. The average Bonchev–Trinajstić information content (AvgIpc) is 2.76. The fraction of sp³-hybridized carbons (Fsp3) is 0.273. The van der Waals surface area contributed by atoms with E-state index in [1.165, 1.54) is 10.8 Å². The highest BCUT2D eigenvalue weighted by Gasteiger charge is 2.31. The van der Waals surface area contributed by atoms with Gasteiger partial charge in [0.1, 0.15) is 5.82 Å². The van der Waals surface area contributed by atoms with Crippen molar-refractivity contribution in [2.24, 2.45) is 5.73 Å². The lowest BCUT2D eigenvalue weighted by molar-refractivity contribution is -0.137. The molecule has 0 aromatic carbocycles. The Balaban J connectivity index is 2.44. The van der Waals surface area contributed by atoms with E-state index in [9.17, 15) is 13.2 Å². The van der Waals surface area contributed by atoms with Crippen molar-refractivity contribution < 1.29 is 13.2 Å². The number of pyridine rings is 1. The van der Waals surface area contributed by atoms with Gasteiger partial charge in [-0.1, -0.05) is 11.6 Å². The first-order valence-electron chi connectivity index (χ1n) is 5.39. The molecule has 2 aromatic heterocycles. The van der Waals surface area contributed by atoms with Crippen LogP contribution >= 0.6 is 11.6 Å². The van der Waals surface area contributed by atoms with E-state index in [-0.39, 0.29) is 10.8 Å². The van der Waals surface area contributed by atoms with Crippen molar-refractivity contribution in [3.63, 3.8) is 0 Å². The molecule has 0 spiro atoms. The quantitative estimate of drug-likeness (QED) is 0.944. The minimum atomic E-state index is -4.47. The normalized spacial score (nSPS) is 11.8. The lowest BCUT2D eigenvalue weighted by atomic mass is 10.2. The zero-order valence-corrected chi connectivity index (χ0v) is 10.4. The smallest absolute Gasteiger partial charge is 0.330 e. The van der Waals surface area contributed by atoms with Crippen LogP contribution in [0.25, 0.3) is 5.82 Å². The van der Waals surface area contributed by atoms with Gasteiger partial charge in [0.25, 0.3) is 0 Å². The molecule has 2 heterocycles. The molecule has 0 aliphatic rings. The minimum Gasteiger partial charge on any atom is -0.330 e.